The molecule has 3 N–H and O–H groups in total. The van der Waals surface area contributed by atoms with Crippen molar-refractivity contribution in [1.82, 2.24) is 5.32 Å². The fraction of sp³-hybridized carbons (Fsp3) is 0.891. The van der Waals surface area contributed by atoms with Crippen molar-refractivity contribution < 1.29 is 24.5 Å². The van der Waals surface area contributed by atoms with Crippen LogP contribution in [0.5, 0.6) is 0 Å². The zero-order valence-corrected chi connectivity index (χ0v) is 40.9. The van der Waals surface area contributed by atoms with Gasteiger partial charge in [0.05, 0.1) is 25.4 Å². The van der Waals surface area contributed by atoms with Crippen LogP contribution in [0.3, 0.4) is 0 Å². The summed E-state index contributed by atoms with van der Waals surface area (Å²) in [7, 11) is 0. The number of amides is 1. The lowest BCUT2D eigenvalue weighted by Crippen LogP contribution is -2.45. The number of hydrogen-bond acceptors (Lipinski definition) is 5. The van der Waals surface area contributed by atoms with Gasteiger partial charge in [-0.05, 0) is 77.0 Å². The second-order valence-corrected chi connectivity index (χ2v) is 18.6. The van der Waals surface area contributed by atoms with Gasteiger partial charge in [0.25, 0.3) is 0 Å². The van der Waals surface area contributed by atoms with Crippen molar-refractivity contribution in [1.29, 1.82) is 0 Å². The molecule has 0 aromatic heterocycles. The standard InChI is InChI=1S/C55H105NO5/c1-3-5-7-9-11-13-15-17-19-21-22-23-25-27-31-35-39-43-47-53(58)52(51-57)56-54(59)48-44-40-36-32-29-30-34-38-42-46-50-61-55(60)49-45-41-37-33-28-26-24-20-18-16-14-12-10-8-6-4-2/h20,24,30,34,52-53,57-58H,3-19,21-23,25-29,31-33,35-51H2,1-2H3,(H,56,59)/b24-20-,34-30-. The smallest absolute Gasteiger partial charge is 0.305 e. The normalized spacial score (nSPS) is 12.8. The molecule has 0 spiro atoms. The van der Waals surface area contributed by atoms with E-state index in [9.17, 15) is 19.8 Å². The zero-order valence-electron chi connectivity index (χ0n) is 40.9. The van der Waals surface area contributed by atoms with E-state index in [1.165, 1.54) is 180 Å². The van der Waals surface area contributed by atoms with Crippen LogP contribution < -0.4 is 5.32 Å². The van der Waals surface area contributed by atoms with E-state index in [4.69, 9.17) is 4.74 Å². The molecule has 2 unspecified atom stereocenters. The average molecular weight is 860 g/mol. The van der Waals surface area contributed by atoms with Crippen molar-refractivity contribution in [2.24, 2.45) is 0 Å². The van der Waals surface area contributed by atoms with Crippen LogP contribution in [0.25, 0.3) is 0 Å². The lowest BCUT2D eigenvalue weighted by Gasteiger charge is -2.22. The summed E-state index contributed by atoms with van der Waals surface area (Å²) in [6, 6.07) is -0.567. The van der Waals surface area contributed by atoms with Gasteiger partial charge in [-0.25, -0.2) is 0 Å². The molecule has 0 aliphatic rings. The predicted molar refractivity (Wildman–Crippen MR) is 264 cm³/mol. The quantitative estimate of drug-likeness (QED) is 0.0322. The summed E-state index contributed by atoms with van der Waals surface area (Å²) in [4.78, 5) is 24.5. The molecule has 0 aromatic carbocycles. The molecular formula is C55H105NO5. The molecule has 0 aromatic rings. The van der Waals surface area contributed by atoms with E-state index in [2.05, 4.69) is 43.5 Å². The molecule has 0 radical (unpaired) electrons. The fourth-order valence-electron chi connectivity index (χ4n) is 8.28. The van der Waals surface area contributed by atoms with Gasteiger partial charge >= 0.3 is 5.97 Å². The van der Waals surface area contributed by atoms with E-state index in [0.717, 1.165) is 77.0 Å². The molecule has 6 nitrogen and oxygen atoms in total. The van der Waals surface area contributed by atoms with Gasteiger partial charge in [0.2, 0.25) is 5.91 Å². The number of nitrogens with one attached hydrogen (secondary N) is 1. The Labute approximate surface area is 380 Å². The molecule has 0 rings (SSSR count). The average Bonchev–Trinajstić information content (AvgIpc) is 3.26. The molecule has 0 bridgehead atoms. The van der Waals surface area contributed by atoms with E-state index in [-0.39, 0.29) is 18.5 Å². The number of aliphatic hydroxyl groups excluding tert-OH is 2. The Kier molecular flexibility index (Phi) is 49.6. The van der Waals surface area contributed by atoms with E-state index in [0.29, 0.717) is 25.9 Å². The first-order valence-electron chi connectivity index (χ1n) is 27.1. The van der Waals surface area contributed by atoms with E-state index in [1.54, 1.807) is 0 Å². The van der Waals surface area contributed by atoms with Gasteiger partial charge in [-0.3, -0.25) is 9.59 Å². The molecule has 6 heteroatoms. The minimum atomic E-state index is -0.686. The van der Waals surface area contributed by atoms with Crippen LogP contribution in [-0.4, -0.2) is 47.4 Å². The number of carbonyl (C=O) groups excluding carboxylic acids is 2. The van der Waals surface area contributed by atoms with Crippen molar-refractivity contribution >= 4 is 11.9 Å². The lowest BCUT2D eigenvalue weighted by atomic mass is 10.0. The van der Waals surface area contributed by atoms with E-state index in [1.807, 2.05) is 0 Å². The van der Waals surface area contributed by atoms with E-state index >= 15 is 0 Å². The Morgan fingerprint density at radius 2 is 0.770 bits per heavy atom. The highest BCUT2D eigenvalue weighted by Crippen LogP contribution is 2.16. The SMILES string of the molecule is CCCCCCCCC/C=C\CCCCCCCC(=O)OCCCC/C=C\CCCCCCC(=O)NC(CO)C(O)CCCCCCCCCCCCCCCCCCCC. The minimum Gasteiger partial charge on any atom is -0.466 e. The Balaban J connectivity index is 3.52. The second-order valence-electron chi connectivity index (χ2n) is 18.6. The summed E-state index contributed by atoms with van der Waals surface area (Å²) < 4.78 is 5.44. The second kappa shape index (κ2) is 51.0. The molecule has 2 atom stereocenters. The van der Waals surface area contributed by atoms with Crippen LogP contribution in [0.1, 0.15) is 290 Å². The topological polar surface area (TPSA) is 95.9 Å². The summed E-state index contributed by atoms with van der Waals surface area (Å²) in [5.74, 6) is -0.113. The first-order chi connectivity index (χ1) is 30.0. The molecule has 360 valence electrons. The molecular weight excluding hydrogens is 755 g/mol. The third kappa shape index (κ3) is 47.7. The molecule has 61 heavy (non-hydrogen) atoms. The Morgan fingerprint density at radius 3 is 1.16 bits per heavy atom. The van der Waals surface area contributed by atoms with Crippen molar-refractivity contribution in [3.63, 3.8) is 0 Å². The molecule has 0 aliphatic carbocycles. The molecule has 0 saturated heterocycles. The molecule has 1 amide bonds. The lowest BCUT2D eigenvalue weighted by molar-refractivity contribution is -0.143. The van der Waals surface area contributed by atoms with Crippen LogP contribution in [-0.2, 0) is 14.3 Å². The van der Waals surface area contributed by atoms with Crippen LogP contribution in [0.4, 0.5) is 0 Å². The van der Waals surface area contributed by atoms with Crippen LogP contribution in [0, 0.1) is 0 Å². The van der Waals surface area contributed by atoms with Crippen molar-refractivity contribution in [2.45, 2.75) is 302 Å². The Hall–Kier alpha value is -1.66. The van der Waals surface area contributed by atoms with Gasteiger partial charge in [0.15, 0.2) is 0 Å². The maximum Gasteiger partial charge on any atom is 0.305 e. The number of aliphatic hydroxyl groups is 2. The largest absolute Gasteiger partial charge is 0.466 e. The van der Waals surface area contributed by atoms with Crippen molar-refractivity contribution in [3.8, 4) is 0 Å². The molecule has 0 fully saturated rings. The number of carbonyl (C=O) groups is 2. The van der Waals surface area contributed by atoms with Crippen molar-refractivity contribution in [2.75, 3.05) is 13.2 Å². The maximum atomic E-state index is 12.5. The third-order valence-corrected chi connectivity index (χ3v) is 12.5. The highest BCUT2D eigenvalue weighted by atomic mass is 16.5. The molecule has 0 saturated carbocycles. The Morgan fingerprint density at radius 1 is 0.443 bits per heavy atom. The first-order valence-corrected chi connectivity index (χ1v) is 27.1. The minimum absolute atomic E-state index is 0.0434. The maximum absolute atomic E-state index is 12.5. The molecule has 0 aliphatic heterocycles. The van der Waals surface area contributed by atoms with Gasteiger partial charge in [0, 0.05) is 12.8 Å². The predicted octanol–water partition coefficient (Wildman–Crippen LogP) is 16.3. The summed E-state index contributed by atoms with van der Waals surface area (Å²) in [6.45, 7) is 4.87. The Bertz CT molecular complexity index is 951. The molecule has 0 heterocycles. The van der Waals surface area contributed by atoms with Gasteiger partial charge in [-0.2, -0.15) is 0 Å². The van der Waals surface area contributed by atoms with Crippen LogP contribution in [0.15, 0.2) is 24.3 Å². The zero-order chi connectivity index (χ0) is 44.4. The van der Waals surface area contributed by atoms with E-state index < -0.39 is 12.1 Å². The number of allylic oxidation sites excluding steroid dienone is 4. The summed E-state index contributed by atoms with van der Waals surface area (Å²) >= 11 is 0. The fourth-order valence-corrected chi connectivity index (χ4v) is 8.28. The number of esters is 1. The van der Waals surface area contributed by atoms with Gasteiger partial charge in [0.1, 0.15) is 0 Å². The van der Waals surface area contributed by atoms with Crippen molar-refractivity contribution in [3.05, 3.63) is 24.3 Å². The monoisotopic (exact) mass is 860 g/mol. The number of unbranched alkanes of at least 4 members (excludes halogenated alkanes) is 35. The van der Waals surface area contributed by atoms with Crippen LogP contribution >= 0.6 is 0 Å². The summed E-state index contributed by atoms with van der Waals surface area (Å²) in [5, 5.41) is 23.2. The number of rotatable bonds is 50. The van der Waals surface area contributed by atoms with Gasteiger partial charge in [-0.1, -0.05) is 224 Å². The van der Waals surface area contributed by atoms with Crippen LogP contribution in [0.2, 0.25) is 0 Å². The first kappa shape index (κ1) is 59.3. The highest BCUT2D eigenvalue weighted by molar-refractivity contribution is 5.76. The summed E-state index contributed by atoms with van der Waals surface area (Å²) in [5.41, 5.74) is 0. The van der Waals surface area contributed by atoms with Gasteiger partial charge in [-0.15, -0.1) is 0 Å². The highest BCUT2D eigenvalue weighted by Gasteiger charge is 2.20. The van der Waals surface area contributed by atoms with Gasteiger partial charge < -0.3 is 20.3 Å². The number of ether oxygens (including phenoxy) is 1. The summed E-state index contributed by atoms with van der Waals surface area (Å²) in [6.07, 6.45) is 60.1. The third-order valence-electron chi connectivity index (χ3n) is 12.5. The number of hydrogen-bond donors (Lipinski definition) is 3.